The number of nitrogens with one attached hydrogen (secondary N) is 1. The molecule has 90 valence electrons. The summed E-state index contributed by atoms with van der Waals surface area (Å²) in [6.07, 6.45) is 3.15. The highest BCUT2D eigenvalue weighted by Crippen LogP contribution is 2.19. The number of anilines is 1. The van der Waals surface area contributed by atoms with Gasteiger partial charge in [0.15, 0.2) is 17.2 Å². The number of carbonyl (C=O) groups is 1. The molecule has 6 nitrogen and oxygen atoms in total. The number of fused-ring (bicyclic) bond motifs is 1. The third-order valence-electron chi connectivity index (χ3n) is 2.18. The van der Waals surface area contributed by atoms with E-state index in [-0.39, 0.29) is 0 Å². The molecule has 1 N–H and O–H groups in total. The van der Waals surface area contributed by atoms with E-state index in [4.69, 9.17) is 4.74 Å². The molecule has 2 heterocycles. The third-order valence-corrected chi connectivity index (χ3v) is 2.57. The standard InChI is InChI=1S/C10H11BrN4O2/c1-3-17-10(16)6-4-13-9-8(12-2)14-7(11)5-15(6)9/h4-5H,3H2,1-2H3,(H,12,14). The van der Waals surface area contributed by atoms with Gasteiger partial charge in [-0.1, -0.05) is 0 Å². The van der Waals surface area contributed by atoms with Crippen molar-refractivity contribution in [2.24, 2.45) is 0 Å². The maximum atomic E-state index is 11.7. The first kappa shape index (κ1) is 11.8. The van der Waals surface area contributed by atoms with E-state index in [1.165, 1.54) is 6.20 Å². The summed E-state index contributed by atoms with van der Waals surface area (Å²) >= 11 is 3.28. The summed E-state index contributed by atoms with van der Waals surface area (Å²) in [5, 5.41) is 2.92. The molecule has 0 saturated heterocycles. The summed E-state index contributed by atoms with van der Waals surface area (Å²) in [5.41, 5.74) is 0.959. The molecule has 2 aromatic heterocycles. The van der Waals surface area contributed by atoms with Crippen molar-refractivity contribution in [3.05, 3.63) is 22.7 Å². The molecule has 7 heteroatoms. The lowest BCUT2D eigenvalue weighted by molar-refractivity contribution is 0.0518. The maximum absolute atomic E-state index is 11.7. The maximum Gasteiger partial charge on any atom is 0.356 e. The van der Waals surface area contributed by atoms with Gasteiger partial charge in [0.25, 0.3) is 0 Å². The van der Waals surface area contributed by atoms with Gasteiger partial charge < -0.3 is 10.1 Å². The van der Waals surface area contributed by atoms with Crippen LogP contribution < -0.4 is 5.32 Å². The third kappa shape index (κ3) is 2.10. The average Bonchev–Trinajstić information content (AvgIpc) is 2.71. The number of halogens is 1. The molecule has 0 fully saturated rings. The number of hydrogen-bond donors (Lipinski definition) is 1. The van der Waals surface area contributed by atoms with E-state index >= 15 is 0 Å². The Morgan fingerprint density at radius 2 is 2.41 bits per heavy atom. The van der Waals surface area contributed by atoms with Crippen molar-refractivity contribution < 1.29 is 9.53 Å². The van der Waals surface area contributed by atoms with Crippen molar-refractivity contribution in [3.63, 3.8) is 0 Å². The summed E-state index contributed by atoms with van der Waals surface area (Å²) in [5.74, 6) is 0.190. The van der Waals surface area contributed by atoms with Gasteiger partial charge in [0.05, 0.1) is 12.8 Å². The predicted octanol–water partition coefficient (Wildman–Crippen LogP) is 1.71. The van der Waals surface area contributed by atoms with Crippen molar-refractivity contribution in [2.75, 3.05) is 19.0 Å². The van der Waals surface area contributed by atoms with Gasteiger partial charge in [-0.05, 0) is 22.9 Å². The van der Waals surface area contributed by atoms with Crippen LogP contribution in [0.15, 0.2) is 17.0 Å². The van der Waals surface area contributed by atoms with E-state index < -0.39 is 5.97 Å². The predicted molar refractivity (Wildman–Crippen MR) is 66.2 cm³/mol. The zero-order valence-corrected chi connectivity index (χ0v) is 11.0. The van der Waals surface area contributed by atoms with Gasteiger partial charge in [-0.2, -0.15) is 0 Å². The van der Waals surface area contributed by atoms with Crippen LogP contribution in [0.25, 0.3) is 5.65 Å². The Morgan fingerprint density at radius 1 is 1.65 bits per heavy atom. The van der Waals surface area contributed by atoms with Crippen molar-refractivity contribution in [2.45, 2.75) is 6.92 Å². The lowest BCUT2D eigenvalue weighted by atomic mass is 10.5. The van der Waals surface area contributed by atoms with Crippen molar-refractivity contribution >= 4 is 33.4 Å². The Kier molecular flexibility index (Phi) is 3.28. The van der Waals surface area contributed by atoms with Crippen LogP contribution in [0.4, 0.5) is 5.82 Å². The first-order valence-electron chi connectivity index (χ1n) is 5.05. The normalized spacial score (nSPS) is 10.5. The Labute approximate surface area is 106 Å². The van der Waals surface area contributed by atoms with Gasteiger partial charge in [0, 0.05) is 13.2 Å². The van der Waals surface area contributed by atoms with E-state index in [2.05, 4.69) is 31.2 Å². The van der Waals surface area contributed by atoms with E-state index in [0.29, 0.717) is 28.4 Å². The van der Waals surface area contributed by atoms with Crippen molar-refractivity contribution in [3.8, 4) is 0 Å². The minimum atomic E-state index is -0.403. The Hall–Kier alpha value is -1.63. The minimum absolute atomic E-state index is 0.331. The molecule has 2 rings (SSSR count). The van der Waals surface area contributed by atoms with Crippen LogP contribution in [0.5, 0.6) is 0 Å². The van der Waals surface area contributed by atoms with Crippen LogP contribution in [-0.4, -0.2) is 34.0 Å². The molecule has 0 aliphatic heterocycles. The highest BCUT2D eigenvalue weighted by atomic mass is 79.9. The first-order chi connectivity index (χ1) is 8.17. The Morgan fingerprint density at radius 3 is 3.06 bits per heavy atom. The quantitative estimate of drug-likeness (QED) is 0.874. The van der Waals surface area contributed by atoms with E-state index in [1.54, 1.807) is 24.6 Å². The van der Waals surface area contributed by atoms with Gasteiger partial charge in [-0.3, -0.25) is 4.40 Å². The monoisotopic (exact) mass is 298 g/mol. The fourth-order valence-electron chi connectivity index (χ4n) is 1.48. The van der Waals surface area contributed by atoms with Crippen LogP contribution in [-0.2, 0) is 4.74 Å². The van der Waals surface area contributed by atoms with E-state index in [1.807, 2.05) is 0 Å². The van der Waals surface area contributed by atoms with Gasteiger partial charge >= 0.3 is 5.97 Å². The van der Waals surface area contributed by atoms with Crippen molar-refractivity contribution in [1.29, 1.82) is 0 Å². The van der Waals surface area contributed by atoms with Crippen molar-refractivity contribution in [1.82, 2.24) is 14.4 Å². The summed E-state index contributed by atoms with van der Waals surface area (Å²) in [7, 11) is 1.74. The molecule has 0 atom stereocenters. The van der Waals surface area contributed by atoms with Crippen LogP contribution in [0, 0.1) is 0 Å². The molecule has 0 aliphatic rings. The van der Waals surface area contributed by atoms with E-state index in [9.17, 15) is 4.79 Å². The smallest absolute Gasteiger partial charge is 0.356 e. The Balaban J connectivity index is 2.60. The second-order valence-corrected chi connectivity index (χ2v) is 4.03. The number of esters is 1. The van der Waals surface area contributed by atoms with Gasteiger partial charge in [-0.25, -0.2) is 14.8 Å². The van der Waals surface area contributed by atoms with Gasteiger partial charge in [0.2, 0.25) is 0 Å². The Bertz CT molecular complexity index is 567. The number of nitrogens with zero attached hydrogens (tertiary/aromatic N) is 3. The first-order valence-corrected chi connectivity index (χ1v) is 5.85. The van der Waals surface area contributed by atoms with Crippen LogP contribution in [0.2, 0.25) is 0 Å². The zero-order chi connectivity index (χ0) is 12.4. The van der Waals surface area contributed by atoms with E-state index in [0.717, 1.165) is 0 Å². The second-order valence-electron chi connectivity index (χ2n) is 3.22. The SMILES string of the molecule is CCOC(=O)c1cnc2c(NC)nc(Br)cn12. The van der Waals surface area contributed by atoms with Gasteiger partial charge in [-0.15, -0.1) is 0 Å². The molecule has 0 aliphatic carbocycles. The molecule has 0 bridgehead atoms. The van der Waals surface area contributed by atoms with Crippen LogP contribution in [0.1, 0.15) is 17.4 Å². The zero-order valence-electron chi connectivity index (χ0n) is 9.40. The molecule has 0 unspecified atom stereocenters. The minimum Gasteiger partial charge on any atom is -0.461 e. The molecular formula is C10H11BrN4O2. The largest absolute Gasteiger partial charge is 0.461 e. The lowest BCUT2D eigenvalue weighted by Gasteiger charge is -2.05. The number of carbonyl (C=O) groups excluding carboxylic acids is 1. The summed E-state index contributed by atoms with van der Waals surface area (Å²) in [6.45, 7) is 2.09. The topological polar surface area (TPSA) is 68.5 Å². The van der Waals surface area contributed by atoms with Gasteiger partial charge in [0.1, 0.15) is 4.60 Å². The highest BCUT2D eigenvalue weighted by molar-refractivity contribution is 9.10. The molecule has 0 amide bonds. The van der Waals surface area contributed by atoms with Crippen LogP contribution >= 0.6 is 15.9 Å². The fraction of sp³-hybridized carbons (Fsp3) is 0.300. The molecule has 0 spiro atoms. The average molecular weight is 299 g/mol. The number of ether oxygens (including phenoxy) is 1. The lowest BCUT2D eigenvalue weighted by Crippen LogP contribution is -2.08. The molecule has 17 heavy (non-hydrogen) atoms. The summed E-state index contributed by atoms with van der Waals surface area (Å²) in [6, 6.07) is 0. The molecule has 2 aromatic rings. The molecule has 0 aromatic carbocycles. The fourth-order valence-corrected chi connectivity index (χ4v) is 1.86. The molecule has 0 saturated carbocycles. The number of imidazole rings is 1. The summed E-state index contributed by atoms with van der Waals surface area (Å²) in [4.78, 5) is 20.1. The second kappa shape index (κ2) is 4.70. The number of rotatable bonds is 3. The molecular weight excluding hydrogens is 288 g/mol. The number of hydrogen-bond acceptors (Lipinski definition) is 5. The number of aromatic nitrogens is 3. The van der Waals surface area contributed by atoms with Crippen LogP contribution in [0.3, 0.4) is 0 Å². The highest BCUT2D eigenvalue weighted by Gasteiger charge is 2.16. The summed E-state index contributed by atoms with van der Waals surface area (Å²) < 4.78 is 7.20. The molecule has 0 radical (unpaired) electrons.